The molecule has 2 amide bonds. The Hall–Kier alpha value is -2.53. The molecule has 0 spiro atoms. The molecule has 1 unspecified atom stereocenters. The summed E-state index contributed by atoms with van der Waals surface area (Å²) in [4.78, 5) is 27.5. The number of para-hydroxylation sites is 2. The van der Waals surface area contributed by atoms with Crippen molar-refractivity contribution in [1.29, 1.82) is 0 Å². The molecule has 0 fully saturated rings. The molecule has 1 aliphatic heterocycles. The highest BCUT2D eigenvalue weighted by atomic mass is 35.5. The molecule has 0 saturated heterocycles. The zero-order valence-corrected chi connectivity index (χ0v) is 15.5. The van der Waals surface area contributed by atoms with Crippen LogP contribution in [0.15, 0.2) is 48.5 Å². The van der Waals surface area contributed by atoms with E-state index < -0.39 is 6.04 Å². The molecule has 0 aromatic heterocycles. The van der Waals surface area contributed by atoms with E-state index in [-0.39, 0.29) is 17.7 Å². The van der Waals surface area contributed by atoms with Gasteiger partial charge in [0.05, 0.1) is 22.8 Å². The van der Waals surface area contributed by atoms with Crippen LogP contribution in [0.25, 0.3) is 0 Å². The summed E-state index contributed by atoms with van der Waals surface area (Å²) in [6.45, 7) is 4.68. The highest BCUT2D eigenvalue weighted by Gasteiger charge is 2.32. The number of nitrogens with one attached hydrogen (secondary N) is 1. The third kappa shape index (κ3) is 3.68. The maximum Gasteiger partial charge on any atom is 0.253 e. The Kier molecular flexibility index (Phi) is 5.47. The molecule has 1 aliphatic rings. The normalized spacial score (nSPS) is 14.4. The fourth-order valence-corrected chi connectivity index (χ4v) is 3.17. The van der Waals surface area contributed by atoms with E-state index in [4.69, 9.17) is 16.3 Å². The lowest BCUT2D eigenvalue weighted by atomic mass is 10.0. The minimum absolute atomic E-state index is 0.0797. The number of ether oxygens (including phenoxy) is 1. The summed E-state index contributed by atoms with van der Waals surface area (Å²) in [6.07, 6.45) is 0. The van der Waals surface area contributed by atoms with Crippen LogP contribution in [0.5, 0.6) is 5.75 Å². The third-order valence-corrected chi connectivity index (χ3v) is 4.66. The summed E-state index contributed by atoms with van der Waals surface area (Å²) in [5.41, 5.74) is 1.08. The lowest BCUT2D eigenvalue weighted by molar-refractivity contribution is -0.121. The van der Waals surface area contributed by atoms with Gasteiger partial charge in [0.15, 0.2) is 0 Å². The Morgan fingerprint density at radius 1 is 1.12 bits per heavy atom. The minimum Gasteiger partial charge on any atom is -0.490 e. The van der Waals surface area contributed by atoms with Gasteiger partial charge in [0.1, 0.15) is 18.4 Å². The smallest absolute Gasteiger partial charge is 0.253 e. The highest BCUT2D eigenvalue weighted by molar-refractivity contribution is 6.33. The van der Waals surface area contributed by atoms with E-state index in [0.717, 1.165) is 5.69 Å². The number of nitrogens with zero attached hydrogens (tertiary/aromatic N) is 1. The van der Waals surface area contributed by atoms with Crippen LogP contribution < -0.4 is 15.0 Å². The minimum atomic E-state index is -0.662. The second-order valence-corrected chi connectivity index (χ2v) is 6.89. The van der Waals surface area contributed by atoms with Crippen molar-refractivity contribution in [3.63, 3.8) is 0 Å². The zero-order chi connectivity index (χ0) is 18.7. The molecule has 6 heteroatoms. The number of fused-ring (bicyclic) bond motifs is 1. The van der Waals surface area contributed by atoms with Gasteiger partial charge in [-0.3, -0.25) is 9.59 Å². The number of benzene rings is 2. The van der Waals surface area contributed by atoms with Crippen molar-refractivity contribution in [2.75, 3.05) is 18.1 Å². The standard InChI is InChI=1S/C20H21ClN2O3/c1-13(2)18(22-19(24)14-7-3-4-8-15(14)21)20(25)23-11-12-26-17-10-6-5-9-16(17)23/h3-10,13,18H,11-12H2,1-2H3,(H,22,24). The van der Waals surface area contributed by atoms with Crippen molar-refractivity contribution in [3.05, 3.63) is 59.1 Å². The van der Waals surface area contributed by atoms with Gasteiger partial charge in [-0.15, -0.1) is 0 Å². The molecule has 1 N–H and O–H groups in total. The van der Waals surface area contributed by atoms with Crippen LogP contribution in [0.4, 0.5) is 5.69 Å². The number of hydrogen-bond donors (Lipinski definition) is 1. The third-order valence-electron chi connectivity index (χ3n) is 4.33. The summed E-state index contributed by atoms with van der Waals surface area (Å²) in [7, 11) is 0. The number of anilines is 1. The van der Waals surface area contributed by atoms with Crippen molar-refractivity contribution in [1.82, 2.24) is 5.32 Å². The van der Waals surface area contributed by atoms with Gasteiger partial charge in [0, 0.05) is 0 Å². The van der Waals surface area contributed by atoms with Gasteiger partial charge >= 0.3 is 0 Å². The van der Waals surface area contributed by atoms with Gasteiger partial charge in [-0.05, 0) is 30.2 Å². The first-order chi connectivity index (χ1) is 12.5. The van der Waals surface area contributed by atoms with Crippen LogP contribution in [0.3, 0.4) is 0 Å². The fourth-order valence-electron chi connectivity index (χ4n) is 2.94. The Labute approximate surface area is 157 Å². The highest BCUT2D eigenvalue weighted by Crippen LogP contribution is 2.31. The van der Waals surface area contributed by atoms with Gasteiger partial charge < -0.3 is 15.0 Å². The van der Waals surface area contributed by atoms with Crippen LogP contribution in [-0.4, -0.2) is 31.0 Å². The Bertz CT molecular complexity index is 822. The Morgan fingerprint density at radius 2 is 1.81 bits per heavy atom. The molecular weight excluding hydrogens is 352 g/mol. The largest absolute Gasteiger partial charge is 0.490 e. The second-order valence-electron chi connectivity index (χ2n) is 6.48. The topological polar surface area (TPSA) is 58.6 Å². The maximum absolute atomic E-state index is 13.2. The fraction of sp³-hybridized carbons (Fsp3) is 0.300. The van der Waals surface area contributed by atoms with Gasteiger partial charge in [0.2, 0.25) is 5.91 Å². The summed E-state index contributed by atoms with van der Waals surface area (Å²) in [6, 6.07) is 13.5. The van der Waals surface area contributed by atoms with E-state index in [1.807, 2.05) is 38.1 Å². The van der Waals surface area contributed by atoms with E-state index in [1.165, 1.54) is 0 Å². The first-order valence-electron chi connectivity index (χ1n) is 8.57. The van der Waals surface area contributed by atoms with Crippen LogP contribution in [0.1, 0.15) is 24.2 Å². The Balaban J connectivity index is 1.84. The summed E-state index contributed by atoms with van der Waals surface area (Å²) in [5.74, 6) is 0.0799. The van der Waals surface area contributed by atoms with Crippen LogP contribution in [0.2, 0.25) is 5.02 Å². The molecule has 5 nitrogen and oxygen atoms in total. The molecule has 136 valence electrons. The number of carbonyl (C=O) groups is 2. The van der Waals surface area contributed by atoms with Crippen molar-refractivity contribution in [2.24, 2.45) is 5.92 Å². The quantitative estimate of drug-likeness (QED) is 0.893. The van der Waals surface area contributed by atoms with Crippen molar-refractivity contribution < 1.29 is 14.3 Å². The van der Waals surface area contributed by atoms with Crippen LogP contribution >= 0.6 is 11.6 Å². The van der Waals surface area contributed by atoms with Crippen LogP contribution in [-0.2, 0) is 4.79 Å². The maximum atomic E-state index is 13.2. The first kappa shape index (κ1) is 18.3. The lowest BCUT2D eigenvalue weighted by Crippen LogP contribution is -2.53. The average Bonchev–Trinajstić information content (AvgIpc) is 2.65. The van der Waals surface area contributed by atoms with Gasteiger partial charge in [-0.25, -0.2) is 0 Å². The van der Waals surface area contributed by atoms with E-state index in [2.05, 4.69) is 5.32 Å². The summed E-state index contributed by atoms with van der Waals surface area (Å²) < 4.78 is 5.61. The second kappa shape index (κ2) is 7.79. The lowest BCUT2D eigenvalue weighted by Gasteiger charge is -2.33. The predicted molar refractivity (Wildman–Crippen MR) is 102 cm³/mol. The SMILES string of the molecule is CC(C)C(NC(=O)c1ccccc1Cl)C(=O)N1CCOc2ccccc21. The Morgan fingerprint density at radius 3 is 2.54 bits per heavy atom. The number of hydrogen-bond acceptors (Lipinski definition) is 3. The molecule has 2 aromatic carbocycles. The molecule has 1 heterocycles. The molecule has 3 rings (SSSR count). The molecule has 2 aromatic rings. The van der Waals surface area contributed by atoms with Crippen molar-refractivity contribution in [3.8, 4) is 5.75 Å². The number of rotatable bonds is 4. The van der Waals surface area contributed by atoms with Gasteiger partial charge in [0.25, 0.3) is 5.91 Å². The monoisotopic (exact) mass is 372 g/mol. The molecule has 26 heavy (non-hydrogen) atoms. The number of halogens is 1. The predicted octanol–water partition coefficient (Wildman–Crippen LogP) is 3.52. The average molecular weight is 373 g/mol. The van der Waals surface area contributed by atoms with Gasteiger partial charge in [-0.2, -0.15) is 0 Å². The molecule has 1 atom stereocenters. The summed E-state index contributed by atoms with van der Waals surface area (Å²) >= 11 is 6.10. The van der Waals surface area contributed by atoms with Crippen molar-refractivity contribution in [2.45, 2.75) is 19.9 Å². The number of carbonyl (C=O) groups excluding carboxylic acids is 2. The summed E-state index contributed by atoms with van der Waals surface area (Å²) in [5, 5.41) is 3.20. The number of amides is 2. The molecule has 0 saturated carbocycles. The van der Waals surface area contributed by atoms with Gasteiger partial charge in [-0.1, -0.05) is 49.7 Å². The molecule has 0 aliphatic carbocycles. The van der Waals surface area contributed by atoms with E-state index in [1.54, 1.807) is 29.2 Å². The van der Waals surface area contributed by atoms with E-state index in [9.17, 15) is 9.59 Å². The van der Waals surface area contributed by atoms with E-state index >= 15 is 0 Å². The molecule has 0 bridgehead atoms. The molecular formula is C20H21ClN2O3. The van der Waals surface area contributed by atoms with Crippen LogP contribution in [0, 0.1) is 5.92 Å². The zero-order valence-electron chi connectivity index (χ0n) is 14.7. The first-order valence-corrected chi connectivity index (χ1v) is 8.95. The molecule has 0 radical (unpaired) electrons. The van der Waals surface area contributed by atoms with Crippen molar-refractivity contribution >= 4 is 29.1 Å². The van der Waals surface area contributed by atoms with E-state index in [0.29, 0.717) is 29.5 Å².